The molecule has 1 aromatic heterocycles. The van der Waals surface area contributed by atoms with Gasteiger partial charge < -0.3 is 20.1 Å². The van der Waals surface area contributed by atoms with Crippen molar-refractivity contribution in [3.8, 4) is 11.5 Å². The van der Waals surface area contributed by atoms with E-state index in [1.54, 1.807) is 19.2 Å². The zero-order valence-electron chi connectivity index (χ0n) is 16.2. The van der Waals surface area contributed by atoms with Crippen LogP contribution in [0.5, 0.6) is 11.5 Å². The van der Waals surface area contributed by atoms with Crippen LogP contribution in [0, 0.1) is 6.92 Å². The first-order chi connectivity index (χ1) is 13.5. The molecule has 1 aliphatic heterocycles. The fourth-order valence-corrected chi connectivity index (χ4v) is 4.91. The third-order valence-corrected chi connectivity index (χ3v) is 6.88. The summed E-state index contributed by atoms with van der Waals surface area (Å²) in [6.45, 7) is 3.76. The van der Waals surface area contributed by atoms with E-state index in [1.807, 2.05) is 25.1 Å². The van der Waals surface area contributed by atoms with Crippen LogP contribution < -0.4 is 24.8 Å². The zero-order chi connectivity index (χ0) is 20.0. The minimum Gasteiger partial charge on any atom is -0.490 e. The Morgan fingerprint density at radius 2 is 1.90 bits per heavy atom. The van der Waals surface area contributed by atoms with Crippen molar-refractivity contribution in [3.05, 3.63) is 35.2 Å². The number of rotatable bonds is 6. The highest BCUT2D eigenvalue weighted by Gasteiger charge is 2.15. The Bertz CT molecular complexity index is 947. The SMILES string of the molecule is CN=C(NCCNS(=O)(=O)c1ccc(C)s1)Nc1ccc2c(c1)OCCCO2.I. The fraction of sp³-hybridized carbons (Fsp3) is 0.389. The molecule has 3 N–H and O–H groups in total. The van der Waals surface area contributed by atoms with Crippen molar-refractivity contribution in [1.29, 1.82) is 0 Å². The molecule has 160 valence electrons. The number of nitrogens with zero attached hydrogens (tertiary/aromatic N) is 1. The van der Waals surface area contributed by atoms with E-state index in [1.165, 1.54) is 11.3 Å². The van der Waals surface area contributed by atoms with E-state index in [0.717, 1.165) is 22.7 Å². The lowest BCUT2D eigenvalue weighted by Crippen LogP contribution is -2.37. The number of nitrogens with one attached hydrogen (secondary N) is 3. The maximum Gasteiger partial charge on any atom is 0.250 e. The Balaban J connectivity index is 0.00000300. The Morgan fingerprint density at radius 1 is 1.14 bits per heavy atom. The van der Waals surface area contributed by atoms with Gasteiger partial charge in [-0.05, 0) is 31.2 Å². The van der Waals surface area contributed by atoms with Gasteiger partial charge in [-0.1, -0.05) is 0 Å². The van der Waals surface area contributed by atoms with Crippen molar-refractivity contribution in [1.82, 2.24) is 10.0 Å². The van der Waals surface area contributed by atoms with Crippen LogP contribution in [-0.2, 0) is 10.0 Å². The summed E-state index contributed by atoms with van der Waals surface area (Å²) < 4.78 is 38.6. The first kappa shape index (κ1) is 23.7. The van der Waals surface area contributed by atoms with E-state index < -0.39 is 10.0 Å². The van der Waals surface area contributed by atoms with E-state index in [9.17, 15) is 8.42 Å². The molecule has 0 unspecified atom stereocenters. The number of guanidine groups is 1. The Labute approximate surface area is 192 Å². The number of hydrogen-bond donors (Lipinski definition) is 3. The molecule has 2 heterocycles. The van der Waals surface area contributed by atoms with Gasteiger partial charge in [-0.15, -0.1) is 35.3 Å². The average molecular weight is 552 g/mol. The van der Waals surface area contributed by atoms with Crippen LogP contribution in [0.1, 0.15) is 11.3 Å². The predicted molar refractivity (Wildman–Crippen MR) is 127 cm³/mol. The molecular weight excluding hydrogens is 527 g/mol. The lowest BCUT2D eigenvalue weighted by Gasteiger charge is -2.14. The number of aryl methyl sites for hydroxylation is 1. The molecule has 1 aromatic carbocycles. The fourth-order valence-electron chi connectivity index (χ4n) is 2.55. The third-order valence-electron chi connectivity index (χ3n) is 3.92. The maximum atomic E-state index is 12.2. The highest BCUT2D eigenvalue weighted by atomic mass is 127. The normalized spacial score (nSPS) is 13.9. The number of aliphatic imine (C=N–C) groups is 1. The van der Waals surface area contributed by atoms with Crippen LogP contribution in [0.25, 0.3) is 0 Å². The van der Waals surface area contributed by atoms with Gasteiger partial charge in [0, 0.05) is 43.2 Å². The number of halogens is 1. The van der Waals surface area contributed by atoms with Gasteiger partial charge in [0.1, 0.15) is 4.21 Å². The van der Waals surface area contributed by atoms with Gasteiger partial charge in [-0.25, -0.2) is 13.1 Å². The van der Waals surface area contributed by atoms with Crippen molar-refractivity contribution in [2.45, 2.75) is 17.6 Å². The molecule has 2 aromatic rings. The van der Waals surface area contributed by atoms with Gasteiger partial charge in [0.25, 0.3) is 0 Å². The van der Waals surface area contributed by atoms with Crippen molar-refractivity contribution < 1.29 is 17.9 Å². The van der Waals surface area contributed by atoms with Gasteiger partial charge in [0.05, 0.1) is 13.2 Å². The predicted octanol–water partition coefficient (Wildman–Crippen LogP) is 2.80. The second-order valence-electron chi connectivity index (χ2n) is 6.10. The maximum absolute atomic E-state index is 12.2. The Kier molecular flexibility index (Phi) is 8.99. The topological polar surface area (TPSA) is 101 Å². The molecule has 0 fully saturated rings. The average Bonchev–Trinajstić information content (AvgIpc) is 2.99. The molecule has 8 nitrogen and oxygen atoms in total. The number of benzene rings is 1. The zero-order valence-corrected chi connectivity index (χ0v) is 20.2. The smallest absolute Gasteiger partial charge is 0.250 e. The number of anilines is 1. The minimum absolute atomic E-state index is 0. The van der Waals surface area contributed by atoms with Crippen LogP contribution in [0.15, 0.2) is 39.5 Å². The van der Waals surface area contributed by atoms with E-state index in [4.69, 9.17) is 9.47 Å². The van der Waals surface area contributed by atoms with Crippen molar-refractivity contribution in [2.24, 2.45) is 4.99 Å². The van der Waals surface area contributed by atoms with E-state index in [0.29, 0.717) is 35.7 Å². The standard InChI is InChI=1S/C18H24N4O4S2.HI/c1-13-4-7-17(27-13)28(23,24)21-9-8-20-18(19-2)22-14-5-6-15-16(12-14)26-11-3-10-25-15;/h4-7,12,21H,3,8-11H2,1-2H3,(H2,19,20,22);1H. The lowest BCUT2D eigenvalue weighted by molar-refractivity contribution is 0.297. The highest BCUT2D eigenvalue weighted by Crippen LogP contribution is 2.32. The monoisotopic (exact) mass is 552 g/mol. The van der Waals surface area contributed by atoms with Gasteiger partial charge in [0.15, 0.2) is 17.5 Å². The molecule has 0 aliphatic carbocycles. The lowest BCUT2D eigenvalue weighted by atomic mass is 10.3. The van der Waals surface area contributed by atoms with E-state index in [-0.39, 0.29) is 30.5 Å². The number of ether oxygens (including phenoxy) is 2. The summed E-state index contributed by atoms with van der Waals surface area (Å²) in [7, 11) is -1.83. The second kappa shape index (κ2) is 11.0. The minimum atomic E-state index is -3.48. The van der Waals surface area contributed by atoms with Gasteiger partial charge in [0.2, 0.25) is 10.0 Å². The van der Waals surface area contributed by atoms with Crippen LogP contribution in [0.4, 0.5) is 5.69 Å². The molecule has 29 heavy (non-hydrogen) atoms. The van der Waals surface area contributed by atoms with Crippen molar-refractivity contribution >= 4 is 57.0 Å². The molecule has 0 saturated carbocycles. The summed E-state index contributed by atoms with van der Waals surface area (Å²) >= 11 is 1.25. The summed E-state index contributed by atoms with van der Waals surface area (Å²) in [6.07, 6.45) is 0.849. The first-order valence-corrected chi connectivity index (χ1v) is 11.2. The summed E-state index contributed by atoms with van der Waals surface area (Å²) in [5.74, 6) is 1.95. The van der Waals surface area contributed by atoms with Crippen LogP contribution in [0.2, 0.25) is 0 Å². The largest absolute Gasteiger partial charge is 0.490 e. The van der Waals surface area contributed by atoms with Crippen LogP contribution in [-0.4, -0.2) is 47.7 Å². The number of thiophene rings is 1. The van der Waals surface area contributed by atoms with Crippen molar-refractivity contribution in [3.63, 3.8) is 0 Å². The van der Waals surface area contributed by atoms with Crippen LogP contribution in [0.3, 0.4) is 0 Å². The number of fused-ring (bicyclic) bond motifs is 1. The molecule has 0 bridgehead atoms. The summed E-state index contributed by atoms with van der Waals surface area (Å²) in [5, 5.41) is 6.24. The third kappa shape index (κ3) is 6.73. The molecular formula is C18H25IN4O4S2. The van der Waals surface area contributed by atoms with E-state index in [2.05, 4.69) is 20.3 Å². The summed E-state index contributed by atoms with van der Waals surface area (Å²) in [4.78, 5) is 5.11. The van der Waals surface area contributed by atoms with E-state index >= 15 is 0 Å². The summed E-state index contributed by atoms with van der Waals surface area (Å²) in [5.41, 5.74) is 0.798. The Morgan fingerprint density at radius 3 is 2.59 bits per heavy atom. The molecule has 0 radical (unpaired) electrons. The molecule has 0 saturated heterocycles. The molecule has 3 rings (SSSR count). The molecule has 0 atom stereocenters. The van der Waals surface area contributed by atoms with Crippen molar-refractivity contribution in [2.75, 3.05) is 38.7 Å². The molecule has 0 amide bonds. The molecule has 11 heteroatoms. The first-order valence-electron chi connectivity index (χ1n) is 8.91. The molecule has 0 spiro atoms. The van der Waals surface area contributed by atoms with Gasteiger partial charge in [-0.3, -0.25) is 4.99 Å². The second-order valence-corrected chi connectivity index (χ2v) is 9.38. The number of sulfonamides is 1. The number of hydrogen-bond acceptors (Lipinski definition) is 6. The van der Waals surface area contributed by atoms with Gasteiger partial charge in [-0.2, -0.15) is 0 Å². The highest BCUT2D eigenvalue weighted by molar-refractivity contribution is 14.0. The molecule has 1 aliphatic rings. The quantitative estimate of drug-likeness (QED) is 0.221. The summed E-state index contributed by atoms with van der Waals surface area (Å²) in [6, 6.07) is 8.99. The Hall–Kier alpha value is -1.57. The van der Waals surface area contributed by atoms with Crippen LogP contribution >= 0.6 is 35.3 Å². The van der Waals surface area contributed by atoms with Gasteiger partial charge >= 0.3 is 0 Å².